The van der Waals surface area contributed by atoms with Crippen LogP contribution in [0.3, 0.4) is 0 Å². The van der Waals surface area contributed by atoms with Crippen LogP contribution in [-0.4, -0.2) is 44.4 Å². The average Bonchev–Trinajstić information content (AvgIpc) is 2.51. The first-order chi connectivity index (χ1) is 7.49. The summed E-state index contributed by atoms with van der Waals surface area (Å²) in [6, 6.07) is 0. The van der Waals surface area contributed by atoms with E-state index in [4.69, 9.17) is 9.47 Å². The van der Waals surface area contributed by atoms with E-state index in [-0.39, 0.29) is 11.7 Å². The first-order valence-electron chi connectivity index (χ1n) is 5.74. The summed E-state index contributed by atoms with van der Waals surface area (Å²) >= 11 is 0. The van der Waals surface area contributed by atoms with E-state index in [1.54, 1.807) is 0 Å². The molecule has 1 aliphatic heterocycles. The quantitative estimate of drug-likeness (QED) is 0.685. The van der Waals surface area contributed by atoms with Gasteiger partial charge in [-0.1, -0.05) is 0 Å². The van der Waals surface area contributed by atoms with Crippen molar-refractivity contribution in [2.75, 3.05) is 26.3 Å². The molecule has 0 radical (unpaired) electrons. The summed E-state index contributed by atoms with van der Waals surface area (Å²) in [6.45, 7) is 5.36. The van der Waals surface area contributed by atoms with Crippen LogP contribution < -0.4 is 5.32 Å². The van der Waals surface area contributed by atoms with Gasteiger partial charge in [-0.15, -0.1) is 0 Å². The van der Waals surface area contributed by atoms with Crippen molar-refractivity contribution in [1.82, 2.24) is 5.32 Å². The van der Waals surface area contributed by atoms with Gasteiger partial charge in [0.05, 0.1) is 18.3 Å². The predicted octanol–water partition coefficient (Wildman–Crippen LogP) is 1.82. The van der Waals surface area contributed by atoms with E-state index in [0.29, 0.717) is 13.2 Å². The van der Waals surface area contributed by atoms with Crippen LogP contribution in [0, 0.1) is 0 Å². The number of nitrogens with one attached hydrogen (secondary N) is 1. The Morgan fingerprint density at radius 2 is 2.25 bits per heavy atom. The van der Waals surface area contributed by atoms with E-state index in [0.717, 1.165) is 19.4 Å². The summed E-state index contributed by atoms with van der Waals surface area (Å²) in [6.07, 6.45) is -0.0110. The highest BCUT2D eigenvalue weighted by molar-refractivity contribution is 4.81. The first kappa shape index (κ1) is 13.8. The highest BCUT2D eigenvalue weighted by Gasteiger charge is 2.30. The van der Waals surface area contributed by atoms with Gasteiger partial charge in [-0.05, 0) is 26.7 Å². The van der Waals surface area contributed by atoms with Gasteiger partial charge in [-0.2, -0.15) is 0 Å². The van der Waals surface area contributed by atoms with Gasteiger partial charge < -0.3 is 14.8 Å². The van der Waals surface area contributed by atoms with Crippen LogP contribution in [0.5, 0.6) is 0 Å². The maximum atomic E-state index is 11.7. The maximum absolute atomic E-state index is 11.7. The predicted molar refractivity (Wildman–Crippen MR) is 57.9 cm³/mol. The van der Waals surface area contributed by atoms with E-state index in [9.17, 15) is 8.78 Å². The van der Waals surface area contributed by atoms with Gasteiger partial charge in [-0.3, -0.25) is 0 Å². The molecule has 1 aliphatic rings. The molecule has 96 valence electrons. The van der Waals surface area contributed by atoms with Crippen molar-refractivity contribution in [3.63, 3.8) is 0 Å². The van der Waals surface area contributed by atoms with Crippen LogP contribution in [0.4, 0.5) is 8.78 Å². The summed E-state index contributed by atoms with van der Waals surface area (Å²) in [5.41, 5.74) is -0.0154. The lowest BCUT2D eigenvalue weighted by molar-refractivity contribution is -0.0159. The van der Waals surface area contributed by atoms with E-state index in [2.05, 4.69) is 19.2 Å². The monoisotopic (exact) mass is 237 g/mol. The lowest BCUT2D eigenvalue weighted by Crippen LogP contribution is -2.31. The van der Waals surface area contributed by atoms with Crippen LogP contribution in [0.2, 0.25) is 0 Å². The molecule has 1 saturated heterocycles. The Kier molecular flexibility index (Phi) is 5.58. The van der Waals surface area contributed by atoms with Crippen molar-refractivity contribution >= 4 is 0 Å². The molecule has 0 spiro atoms. The third-order valence-electron chi connectivity index (χ3n) is 2.59. The Labute approximate surface area is 95.5 Å². The van der Waals surface area contributed by atoms with Crippen LogP contribution in [0.25, 0.3) is 0 Å². The smallest absolute Gasteiger partial charge is 0.261 e. The molecule has 1 atom stereocenters. The number of alkyl halides is 2. The topological polar surface area (TPSA) is 30.5 Å². The third-order valence-corrected chi connectivity index (χ3v) is 2.59. The number of hydrogen-bond donors (Lipinski definition) is 1. The zero-order valence-corrected chi connectivity index (χ0v) is 9.97. The summed E-state index contributed by atoms with van der Waals surface area (Å²) in [5.74, 6) is 0. The summed E-state index contributed by atoms with van der Waals surface area (Å²) in [5, 5.41) is 3.14. The molecule has 1 unspecified atom stereocenters. The molecule has 3 nitrogen and oxygen atoms in total. The number of ether oxygens (including phenoxy) is 2. The Bertz CT molecular complexity index is 200. The summed E-state index contributed by atoms with van der Waals surface area (Å²) in [7, 11) is 0. The van der Waals surface area contributed by atoms with Crippen LogP contribution in [0.1, 0.15) is 26.7 Å². The average molecular weight is 237 g/mol. The highest BCUT2D eigenvalue weighted by atomic mass is 19.3. The largest absolute Gasteiger partial charge is 0.374 e. The lowest BCUT2D eigenvalue weighted by atomic mass is 10.1. The van der Waals surface area contributed by atoms with Crippen molar-refractivity contribution in [1.29, 1.82) is 0 Å². The fourth-order valence-corrected chi connectivity index (χ4v) is 1.80. The molecule has 1 N–H and O–H groups in total. The van der Waals surface area contributed by atoms with E-state index in [1.165, 1.54) is 0 Å². The fraction of sp³-hybridized carbons (Fsp3) is 1.00. The fourth-order valence-electron chi connectivity index (χ4n) is 1.80. The second-order valence-electron chi connectivity index (χ2n) is 4.71. The van der Waals surface area contributed by atoms with Gasteiger partial charge in [0.25, 0.3) is 6.43 Å². The molecule has 0 amide bonds. The molecule has 16 heavy (non-hydrogen) atoms. The first-order valence-corrected chi connectivity index (χ1v) is 5.74. The molecule has 0 saturated carbocycles. The molecular formula is C11H21F2NO2. The van der Waals surface area contributed by atoms with Crippen molar-refractivity contribution in [3.8, 4) is 0 Å². The minimum absolute atomic E-state index is 0.0154. The Morgan fingerprint density at radius 1 is 1.50 bits per heavy atom. The lowest BCUT2D eigenvalue weighted by Gasteiger charge is -2.19. The van der Waals surface area contributed by atoms with Gasteiger partial charge in [0.2, 0.25) is 0 Å². The minimum atomic E-state index is -2.38. The van der Waals surface area contributed by atoms with Crippen LogP contribution in [-0.2, 0) is 9.47 Å². The Balaban J connectivity index is 1.92. The number of rotatable bonds is 7. The highest BCUT2D eigenvalue weighted by Crippen LogP contribution is 2.28. The Morgan fingerprint density at radius 3 is 2.81 bits per heavy atom. The summed E-state index contributed by atoms with van der Waals surface area (Å²) < 4.78 is 33.9. The molecule has 0 aromatic rings. The SMILES string of the molecule is CC1(C)CCC(CNCCOCC(F)F)O1. The van der Waals surface area contributed by atoms with Crippen LogP contribution in [0.15, 0.2) is 0 Å². The van der Waals surface area contributed by atoms with Crippen molar-refractivity contribution in [2.45, 2.75) is 44.8 Å². The Hall–Kier alpha value is -0.260. The molecule has 0 aromatic heterocycles. The van der Waals surface area contributed by atoms with E-state index < -0.39 is 13.0 Å². The zero-order valence-electron chi connectivity index (χ0n) is 9.97. The van der Waals surface area contributed by atoms with Crippen LogP contribution >= 0.6 is 0 Å². The van der Waals surface area contributed by atoms with Gasteiger partial charge in [0.1, 0.15) is 6.61 Å². The van der Waals surface area contributed by atoms with Crippen molar-refractivity contribution < 1.29 is 18.3 Å². The second-order valence-corrected chi connectivity index (χ2v) is 4.71. The van der Waals surface area contributed by atoms with E-state index >= 15 is 0 Å². The number of hydrogen-bond acceptors (Lipinski definition) is 3. The molecule has 0 bridgehead atoms. The number of halogens is 2. The minimum Gasteiger partial charge on any atom is -0.374 e. The zero-order chi connectivity index (χ0) is 12.0. The van der Waals surface area contributed by atoms with Crippen molar-refractivity contribution in [2.24, 2.45) is 0 Å². The molecule has 5 heteroatoms. The van der Waals surface area contributed by atoms with Gasteiger partial charge >= 0.3 is 0 Å². The third kappa shape index (κ3) is 5.72. The van der Waals surface area contributed by atoms with Gasteiger partial charge in [0, 0.05) is 13.1 Å². The molecule has 0 aromatic carbocycles. The molecule has 0 aliphatic carbocycles. The molecule has 1 heterocycles. The normalized spacial score (nSPS) is 24.2. The molecular weight excluding hydrogens is 216 g/mol. The van der Waals surface area contributed by atoms with Crippen molar-refractivity contribution in [3.05, 3.63) is 0 Å². The molecule has 1 fully saturated rings. The second kappa shape index (κ2) is 6.47. The summed E-state index contributed by atoms with van der Waals surface area (Å²) in [4.78, 5) is 0. The standard InChI is InChI=1S/C11H21F2NO2/c1-11(2)4-3-9(16-11)7-14-5-6-15-8-10(12)13/h9-10,14H,3-8H2,1-2H3. The van der Waals surface area contributed by atoms with Gasteiger partial charge in [0.15, 0.2) is 0 Å². The van der Waals surface area contributed by atoms with Gasteiger partial charge in [-0.25, -0.2) is 8.78 Å². The molecule has 1 rings (SSSR count). The van der Waals surface area contributed by atoms with E-state index in [1.807, 2.05) is 0 Å². The maximum Gasteiger partial charge on any atom is 0.261 e.